The Bertz CT molecular complexity index is 828. The fourth-order valence-electron chi connectivity index (χ4n) is 1.52. The average molecular weight is 299 g/mol. The first kappa shape index (κ1) is 14.8. The largest absolute Gasteiger partial charge is 0.508 e. The number of hydrogen-bond donors (Lipinski definition) is 1. The van der Waals surface area contributed by atoms with Gasteiger partial charge in [0.05, 0.1) is 5.56 Å². The van der Waals surface area contributed by atoms with E-state index < -0.39 is 16.5 Å². The van der Waals surface area contributed by atoms with Crippen molar-refractivity contribution < 1.29 is 14.1 Å². The van der Waals surface area contributed by atoms with Crippen LogP contribution in [0.5, 0.6) is 5.75 Å². The van der Waals surface area contributed by atoms with Crippen molar-refractivity contribution in [3.63, 3.8) is 0 Å². The average Bonchev–Trinajstić information content (AvgIpc) is 2.45. The van der Waals surface area contributed by atoms with Crippen LogP contribution in [-0.4, -0.2) is 22.3 Å². The number of rotatable bonds is 1. The molecule has 1 N–H and O–H groups in total. The Balaban J connectivity index is 2.29. The number of benzene rings is 1. The van der Waals surface area contributed by atoms with E-state index >= 15 is 0 Å². The van der Waals surface area contributed by atoms with E-state index in [9.17, 15) is 14.1 Å². The number of phenolic OH excluding ortho intramolecular Hbond substituents is 1. The van der Waals surface area contributed by atoms with Gasteiger partial charge >= 0.3 is 0 Å². The maximum Gasteiger partial charge on any atom is 0.255 e. The van der Waals surface area contributed by atoms with Crippen LogP contribution in [0.25, 0.3) is 0 Å². The maximum atomic E-state index is 11.6. The lowest BCUT2D eigenvalue weighted by Gasteiger charge is -1.98. The monoisotopic (exact) mass is 299 g/mol. The van der Waals surface area contributed by atoms with E-state index in [2.05, 4.69) is 21.2 Å². The molecule has 21 heavy (non-hydrogen) atoms. The van der Waals surface area contributed by atoms with E-state index in [1.165, 1.54) is 30.8 Å². The predicted molar refractivity (Wildman–Crippen MR) is 79.1 cm³/mol. The molecule has 1 aromatic heterocycles. The SMILES string of the molecule is C[S-](=O)=NC(=O)c1cncc(C#Cc2cccc(O)c2)c1. The van der Waals surface area contributed by atoms with E-state index in [1.54, 1.807) is 18.2 Å². The van der Waals surface area contributed by atoms with Gasteiger partial charge in [-0.15, -0.1) is 6.26 Å². The minimum atomic E-state index is -1.55. The Labute approximate surface area is 123 Å². The Morgan fingerprint density at radius 1 is 1.24 bits per heavy atom. The molecule has 1 aromatic carbocycles. The molecule has 2 rings (SSSR count). The summed E-state index contributed by atoms with van der Waals surface area (Å²) in [6, 6.07) is 8.06. The van der Waals surface area contributed by atoms with E-state index in [-0.39, 0.29) is 11.3 Å². The summed E-state index contributed by atoms with van der Waals surface area (Å²) in [6.45, 7) is 0. The van der Waals surface area contributed by atoms with E-state index in [0.717, 1.165) is 0 Å². The van der Waals surface area contributed by atoms with Gasteiger partial charge in [-0.05, 0) is 24.3 Å². The molecular formula is C15H11N2O3S-. The number of phenols is 1. The normalized spacial score (nSPS) is 11.5. The van der Waals surface area contributed by atoms with Crippen LogP contribution in [-0.2, 0) is 14.8 Å². The smallest absolute Gasteiger partial charge is 0.255 e. The van der Waals surface area contributed by atoms with Gasteiger partial charge in [-0.2, -0.15) is 10.6 Å². The highest BCUT2D eigenvalue weighted by Gasteiger charge is 2.02. The van der Waals surface area contributed by atoms with Crippen molar-refractivity contribution in [2.75, 3.05) is 6.26 Å². The van der Waals surface area contributed by atoms with E-state index in [1.807, 2.05) is 0 Å². The molecular weight excluding hydrogens is 288 g/mol. The number of hydrogen-bond acceptors (Lipinski definition) is 5. The van der Waals surface area contributed by atoms with E-state index in [4.69, 9.17) is 0 Å². The van der Waals surface area contributed by atoms with Crippen molar-refractivity contribution in [3.8, 4) is 17.6 Å². The van der Waals surface area contributed by atoms with Crippen molar-refractivity contribution in [3.05, 3.63) is 59.4 Å². The van der Waals surface area contributed by atoms with Crippen LogP contribution in [0, 0.1) is 11.8 Å². The fourth-order valence-corrected chi connectivity index (χ4v) is 1.86. The van der Waals surface area contributed by atoms with Gasteiger partial charge in [0.1, 0.15) is 5.75 Å². The lowest BCUT2D eigenvalue weighted by Crippen LogP contribution is -1.96. The minimum absolute atomic E-state index is 0.132. The van der Waals surface area contributed by atoms with Gasteiger partial charge in [0.2, 0.25) is 0 Å². The van der Waals surface area contributed by atoms with Crippen molar-refractivity contribution in [2.24, 2.45) is 4.36 Å². The van der Waals surface area contributed by atoms with Gasteiger partial charge in [-0.3, -0.25) is 9.78 Å². The third-order valence-electron chi connectivity index (χ3n) is 2.39. The zero-order valence-electron chi connectivity index (χ0n) is 11.1. The zero-order chi connectivity index (χ0) is 15.2. The van der Waals surface area contributed by atoms with Crippen LogP contribution >= 0.6 is 0 Å². The molecule has 0 aliphatic rings. The first-order valence-corrected chi connectivity index (χ1v) is 7.42. The van der Waals surface area contributed by atoms with Gasteiger partial charge in [-0.25, -0.2) is 0 Å². The van der Waals surface area contributed by atoms with Crippen molar-refractivity contribution in [1.29, 1.82) is 0 Å². The molecule has 1 heterocycles. The second-order valence-corrected chi connectivity index (χ2v) is 5.11. The number of carbonyl (C=O) groups is 1. The number of nitrogens with zero attached hydrogens (tertiary/aromatic N) is 2. The molecule has 0 aliphatic heterocycles. The molecule has 0 spiro atoms. The Kier molecular flexibility index (Phi) is 4.69. The number of pyridine rings is 1. The standard InChI is InChI=1S/C15H11N2O3S/c1-21(20)17-15(19)13-7-12(9-16-10-13)6-5-11-3-2-4-14(18)8-11/h2-4,7-10,18H,1H3/q-1. The Morgan fingerprint density at radius 2 is 2.00 bits per heavy atom. The van der Waals surface area contributed by atoms with Gasteiger partial charge in [0.15, 0.2) is 0 Å². The van der Waals surface area contributed by atoms with E-state index in [0.29, 0.717) is 11.1 Å². The van der Waals surface area contributed by atoms with Crippen molar-refractivity contribution in [1.82, 2.24) is 4.98 Å². The van der Waals surface area contributed by atoms with Crippen LogP contribution in [0.1, 0.15) is 21.5 Å². The fraction of sp³-hybridized carbons (Fsp3) is 0.0667. The molecule has 6 heteroatoms. The summed E-state index contributed by atoms with van der Waals surface area (Å²) in [5.74, 6) is 5.24. The summed E-state index contributed by atoms with van der Waals surface area (Å²) in [4.78, 5) is 15.6. The molecule has 0 radical (unpaired) electrons. The number of aromatic hydroxyl groups is 1. The minimum Gasteiger partial charge on any atom is -0.508 e. The van der Waals surface area contributed by atoms with Crippen LogP contribution in [0.15, 0.2) is 47.1 Å². The molecule has 106 valence electrons. The highest BCUT2D eigenvalue weighted by molar-refractivity contribution is 7.74. The predicted octanol–water partition coefficient (Wildman–Crippen LogP) is 2.10. The van der Waals surface area contributed by atoms with Gasteiger partial charge in [-0.1, -0.05) is 17.9 Å². The van der Waals surface area contributed by atoms with Crippen LogP contribution in [0.4, 0.5) is 0 Å². The Hall–Kier alpha value is -2.65. The van der Waals surface area contributed by atoms with Gasteiger partial charge in [0, 0.05) is 23.5 Å². The van der Waals surface area contributed by atoms with Crippen LogP contribution in [0.2, 0.25) is 0 Å². The molecule has 5 nitrogen and oxygen atoms in total. The molecule has 1 amide bonds. The summed E-state index contributed by atoms with van der Waals surface area (Å²) in [5, 5.41) is 9.35. The molecule has 0 aliphatic carbocycles. The highest BCUT2D eigenvalue weighted by atomic mass is 32.2. The second kappa shape index (κ2) is 6.68. The maximum absolute atomic E-state index is 11.6. The van der Waals surface area contributed by atoms with Crippen molar-refractivity contribution >= 4 is 16.5 Å². The molecule has 0 saturated carbocycles. The van der Waals surface area contributed by atoms with Crippen LogP contribution in [0.3, 0.4) is 0 Å². The molecule has 0 atom stereocenters. The summed E-state index contributed by atoms with van der Waals surface area (Å²) in [5.41, 5.74) is 1.40. The number of carbonyl (C=O) groups excluding carboxylic acids is 1. The van der Waals surface area contributed by atoms with Crippen LogP contribution < -0.4 is 0 Å². The highest BCUT2D eigenvalue weighted by Crippen LogP contribution is 2.10. The molecule has 0 unspecified atom stereocenters. The molecule has 0 bridgehead atoms. The molecule has 0 saturated heterocycles. The first-order valence-electron chi connectivity index (χ1n) is 5.90. The van der Waals surface area contributed by atoms with Gasteiger partial charge in [0.25, 0.3) is 5.91 Å². The van der Waals surface area contributed by atoms with Gasteiger partial charge < -0.3 is 13.7 Å². The quantitative estimate of drug-likeness (QED) is 0.646. The lowest BCUT2D eigenvalue weighted by atomic mass is 10.1. The third-order valence-corrected chi connectivity index (χ3v) is 2.82. The lowest BCUT2D eigenvalue weighted by molar-refractivity contribution is 0.100. The molecule has 0 fully saturated rings. The number of aromatic nitrogens is 1. The zero-order valence-corrected chi connectivity index (χ0v) is 11.9. The van der Waals surface area contributed by atoms with Crippen molar-refractivity contribution in [2.45, 2.75) is 0 Å². The topological polar surface area (TPSA) is 79.6 Å². The molecule has 2 aromatic rings. The summed E-state index contributed by atoms with van der Waals surface area (Å²) >= 11 is 0. The summed E-state index contributed by atoms with van der Waals surface area (Å²) in [6.07, 6.45) is 4.17. The Morgan fingerprint density at radius 3 is 2.71 bits per heavy atom. The first-order chi connectivity index (χ1) is 10.0. The summed E-state index contributed by atoms with van der Waals surface area (Å²) < 4.78 is 14.3. The second-order valence-electron chi connectivity index (χ2n) is 4.08. The third kappa shape index (κ3) is 4.44. The number of amides is 1. The summed E-state index contributed by atoms with van der Waals surface area (Å²) in [7, 11) is -1.55.